The molecule has 0 aliphatic heterocycles. The minimum Gasteiger partial charge on any atom is -0.456 e. The van der Waals surface area contributed by atoms with E-state index in [1.54, 1.807) is 33.8 Å². The number of aliphatic imine (C=N–C) groups is 1. The summed E-state index contributed by atoms with van der Waals surface area (Å²) in [6.45, 7) is 8.45. The number of hydrogen-bond acceptors (Lipinski definition) is 4. The summed E-state index contributed by atoms with van der Waals surface area (Å²) in [6.07, 6.45) is -4.78. The van der Waals surface area contributed by atoms with Crippen LogP contribution in [-0.4, -0.2) is 27.6 Å². The highest BCUT2D eigenvalue weighted by Gasteiger charge is 2.40. The number of aromatic amines is 1. The zero-order valence-electron chi connectivity index (χ0n) is 15.0. The van der Waals surface area contributed by atoms with Gasteiger partial charge in [-0.05, 0) is 40.7 Å². The molecule has 26 heavy (non-hydrogen) atoms. The molecule has 0 bridgehead atoms. The molecule has 0 aliphatic rings. The Kier molecular flexibility index (Phi) is 5.15. The van der Waals surface area contributed by atoms with Gasteiger partial charge >= 0.3 is 6.18 Å². The minimum absolute atomic E-state index is 0.0207. The van der Waals surface area contributed by atoms with E-state index in [2.05, 4.69) is 30.2 Å². The lowest BCUT2D eigenvalue weighted by Gasteiger charge is -2.17. The number of carbonyl (C=O) groups excluding carboxylic acids is 1. The number of rotatable bonds is 2. The second-order valence-electron chi connectivity index (χ2n) is 6.74. The Balaban J connectivity index is 2.31. The molecule has 0 aliphatic carbocycles. The van der Waals surface area contributed by atoms with Gasteiger partial charge in [0.05, 0.1) is 11.1 Å². The van der Waals surface area contributed by atoms with Crippen LogP contribution in [0.25, 0.3) is 0 Å². The van der Waals surface area contributed by atoms with Gasteiger partial charge in [0.1, 0.15) is 5.76 Å². The van der Waals surface area contributed by atoms with Gasteiger partial charge < -0.3 is 9.73 Å². The van der Waals surface area contributed by atoms with E-state index in [9.17, 15) is 18.0 Å². The standard InChI is InChI=1S/C16H20F3N5O2/c1-8-6-11(24-23-8)20-14(22-15(3,4)5)21-13(25)10-7-9(2)26-12(10)16(17,18)19/h6-7H,1-5H3,(H3,20,21,22,23,24,25). The number of halogens is 3. The first-order valence-electron chi connectivity index (χ1n) is 7.73. The van der Waals surface area contributed by atoms with Gasteiger partial charge in [-0.1, -0.05) is 0 Å². The number of hydrogen-bond donors (Lipinski definition) is 3. The maximum absolute atomic E-state index is 13.0. The van der Waals surface area contributed by atoms with Crippen LogP contribution in [0.3, 0.4) is 0 Å². The Hall–Kier alpha value is -2.78. The summed E-state index contributed by atoms with van der Waals surface area (Å²) < 4.78 is 43.8. The van der Waals surface area contributed by atoms with Crippen molar-refractivity contribution >= 4 is 17.7 Å². The highest BCUT2D eigenvalue weighted by atomic mass is 19.4. The molecule has 0 atom stereocenters. The van der Waals surface area contributed by atoms with Crippen LogP contribution in [0.1, 0.15) is 48.3 Å². The highest BCUT2D eigenvalue weighted by molar-refractivity contribution is 6.10. The van der Waals surface area contributed by atoms with Crippen LogP contribution in [-0.2, 0) is 6.18 Å². The maximum atomic E-state index is 13.0. The van der Waals surface area contributed by atoms with E-state index in [1.165, 1.54) is 6.92 Å². The Morgan fingerprint density at radius 1 is 1.23 bits per heavy atom. The van der Waals surface area contributed by atoms with Crippen LogP contribution in [0.2, 0.25) is 0 Å². The van der Waals surface area contributed by atoms with E-state index in [4.69, 9.17) is 0 Å². The second-order valence-corrected chi connectivity index (χ2v) is 6.74. The fourth-order valence-electron chi connectivity index (χ4n) is 2.09. The van der Waals surface area contributed by atoms with E-state index < -0.39 is 28.9 Å². The van der Waals surface area contributed by atoms with Crippen molar-refractivity contribution in [2.75, 3.05) is 5.32 Å². The number of H-pyrrole nitrogens is 1. The van der Waals surface area contributed by atoms with Crippen LogP contribution in [0.5, 0.6) is 0 Å². The number of anilines is 1. The molecule has 1 amide bonds. The van der Waals surface area contributed by atoms with Gasteiger partial charge in [0, 0.05) is 11.8 Å². The third kappa shape index (κ3) is 5.11. The lowest BCUT2D eigenvalue weighted by molar-refractivity contribution is -0.153. The number of alkyl halides is 3. The maximum Gasteiger partial charge on any atom is 0.450 e. The molecule has 2 rings (SSSR count). The van der Waals surface area contributed by atoms with Crippen LogP contribution in [0.15, 0.2) is 21.5 Å². The fraction of sp³-hybridized carbons (Fsp3) is 0.438. The predicted octanol–water partition coefficient (Wildman–Crippen LogP) is 3.63. The number of furan rings is 1. The lowest BCUT2D eigenvalue weighted by atomic mass is 10.1. The molecule has 0 radical (unpaired) electrons. The molecule has 2 heterocycles. The zero-order valence-corrected chi connectivity index (χ0v) is 15.0. The van der Waals surface area contributed by atoms with Crippen LogP contribution in [0, 0.1) is 13.8 Å². The van der Waals surface area contributed by atoms with Crippen molar-refractivity contribution in [1.29, 1.82) is 0 Å². The SMILES string of the molecule is Cc1cc(NC(=NC(C)(C)C)NC(=O)c2cc(C)oc2C(F)(F)F)n[nH]1. The fourth-order valence-corrected chi connectivity index (χ4v) is 2.09. The van der Waals surface area contributed by atoms with Crippen LogP contribution >= 0.6 is 0 Å². The smallest absolute Gasteiger partial charge is 0.450 e. The normalized spacial score (nSPS) is 13.0. The Labute approximate surface area is 148 Å². The summed E-state index contributed by atoms with van der Waals surface area (Å²) in [7, 11) is 0. The topological polar surface area (TPSA) is 95.3 Å². The van der Waals surface area contributed by atoms with Gasteiger partial charge in [-0.15, -0.1) is 0 Å². The molecule has 0 unspecified atom stereocenters. The van der Waals surface area contributed by atoms with Crippen molar-refractivity contribution in [1.82, 2.24) is 15.5 Å². The number of amides is 1. The summed E-state index contributed by atoms with van der Waals surface area (Å²) >= 11 is 0. The van der Waals surface area contributed by atoms with Crippen molar-refractivity contribution in [3.05, 3.63) is 34.9 Å². The summed E-state index contributed by atoms with van der Waals surface area (Å²) in [4.78, 5) is 16.7. The molecule has 2 aromatic heterocycles. The molecule has 0 saturated heterocycles. The Morgan fingerprint density at radius 2 is 1.88 bits per heavy atom. The number of nitrogens with one attached hydrogen (secondary N) is 3. The quantitative estimate of drug-likeness (QED) is 0.555. The molecule has 2 aromatic rings. The van der Waals surface area contributed by atoms with Gasteiger partial charge in [-0.2, -0.15) is 18.3 Å². The highest BCUT2D eigenvalue weighted by Crippen LogP contribution is 2.34. The summed E-state index contributed by atoms with van der Waals surface area (Å²) in [5.74, 6) is -2.02. The third-order valence-corrected chi connectivity index (χ3v) is 2.99. The van der Waals surface area contributed by atoms with Gasteiger partial charge in [0.15, 0.2) is 5.82 Å². The summed E-state index contributed by atoms with van der Waals surface area (Å²) in [5, 5.41) is 11.8. The van der Waals surface area contributed by atoms with Crippen LogP contribution < -0.4 is 10.6 Å². The zero-order chi connectivity index (χ0) is 19.7. The van der Waals surface area contributed by atoms with Gasteiger partial charge in [-0.25, -0.2) is 4.99 Å². The number of nitrogens with zero attached hydrogens (tertiary/aromatic N) is 2. The molecule has 0 spiro atoms. The first kappa shape index (κ1) is 19.5. The molecule has 10 heteroatoms. The predicted molar refractivity (Wildman–Crippen MR) is 90.0 cm³/mol. The van der Waals surface area contributed by atoms with E-state index >= 15 is 0 Å². The number of aromatic nitrogens is 2. The first-order valence-corrected chi connectivity index (χ1v) is 7.73. The van der Waals surface area contributed by atoms with Gasteiger partial charge in [-0.3, -0.25) is 15.2 Å². The molecular formula is C16H20F3N5O2. The molecule has 0 saturated carbocycles. The Morgan fingerprint density at radius 3 is 2.38 bits per heavy atom. The molecular weight excluding hydrogens is 351 g/mol. The summed E-state index contributed by atoms with van der Waals surface area (Å²) in [6, 6.07) is 2.69. The van der Waals surface area contributed by atoms with E-state index in [1.807, 2.05) is 0 Å². The van der Waals surface area contributed by atoms with Gasteiger partial charge in [0.2, 0.25) is 11.7 Å². The average Bonchev–Trinajstić information content (AvgIpc) is 3.02. The van der Waals surface area contributed by atoms with Crippen molar-refractivity contribution < 1.29 is 22.4 Å². The van der Waals surface area contributed by atoms with Crippen molar-refractivity contribution in [3.63, 3.8) is 0 Å². The lowest BCUT2D eigenvalue weighted by Crippen LogP contribution is -2.38. The second kappa shape index (κ2) is 6.85. The first-order chi connectivity index (χ1) is 11.8. The molecule has 0 aromatic carbocycles. The number of carbonyl (C=O) groups is 1. The van der Waals surface area contributed by atoms with Crippen LogP contribution in [0.4, 0.5) is 19.0 Å². The summed E-state index contributed by atoms with van der Waals surface area (Å²) in [5.41, 5.74) is -0.449. The molecule has 7 nitrogen and oxygen atoms in total. The minimum atomic E-state index is -4.78. The number of aryl methyl sites for hydroxylation is 2. The van der Waals surface area contributed by atoms with Crippen molar-refractivity contribution in [2.24, 2.45) is 4.99 Å². The van der Waals surface area contributed by atoms with Gasteiger partial charge in [0.25, 0.3) is 5.91 Å². The molecule has 0 fully saturated rings. The van der Waals surface area contributed by atoms with E-state index in [0.717, 1.165) is 11.8 Å². The van der Waals surface area contributed by atoms with Crippen molar-refractivity contribution in [2.45, 2.75) is 46.3 Å². The van der Waals surface area contributed by atoms with E-state index in [0.29, 0.717) is 5.82 Å². The number of guanidine groups is 1. The third-order valence-electron chi connectivity index (χ3n) is 2.99. The molecule has 3 N–H and O–H groups in total. The van der Waals surface area contributed by atoms with Crippen molar-refractivity contribution in [3.8, 4) is 0 Å². The average molecular weight is 371 g/mol. The van der Waals surface area contributed by atoms with E-state index in [-0.39, 0.29) is 11.7 Å². The largest absolute Gasteiger partial charge is 0.456 e. The Bertz CT molecular complexity index is 828. The molecule has 142 valence electrons. The monoisotopic (exact) mass is 371 g/mol.